The molecule has 0 radical (unpaired) electrons. The molecule has 0 saturated carbocycles. The molecule has 0 unspecified atom stereocenters. The fraction of sp³-hybridized carbons (Fsp3) is 0.320. The van der Waals surface area contributed by atoms with Gasteiger partial charge >= 0.3 is 0 Å². The van der Waals surface area contributed by atoms with Crippen molar-refractivity contribution < 1.29 is 14.6 Å². The molecule has 1 aliphatic heterocycles. The van der Waals surface area contributed by atoms with Crippen molar-refractivity contribution in [2.75, 3.05) is 38.7 Å². The minimum absolute atomic E-state index is 0. The largest absolute Gasteiger partial charge is 0.495 e. The molecule has 1 aliphatic rings. The summed E-state index contributed by atoms with van der Waals surface area (Å²) in [6.45, 7) is 3.15. The van der Waals surface area contributed by atoms with E-state index >= 15 is 0 Å². The summed E-state index contributed by atoms with van der Waals surface area (Å²) in [6.07, 6.45) is 4.93. The summed E-state index contributed by atoms with van der Waals surface area (Å²) in [5.41, 5.74) is 8.17. The molecule has 0 amide bonds. The zero-order valence-corrected chi connectivity index (χ0v) is 18.6. The number of fused-ring (bicyclic) bond motifs is 1. The second-order valence-electron chi connectivity index (χ2n) is 7.57. The first-order valence-electron chi connectivity index (χ1n) is 10.5. The molecular formula is C25H30N4O3. The van der Waals surface area contributed by atoms with Crippen LogP contribution in [-0.4, -0.2) is 50.1 Å². The summed E-state index contributed by atoms with van der Waals surface area (Å²) < 4.78 is 11.6. The van der Waals surface area contributed by atoms with Crippen LogP contribution >= 0.6 is 0 Å². The minimum atomic E-state index is 0. The number of likely N-dealkylation sites (tertiary alicyclic amines) is 1. The van der Waals surface area contributed by atoms with Crippen LogP contribution in [0.1, 0.15) is 18.4 Å². The molecule has 0 spiro atoms. The molecule has 7 nitrogen and oxygen atoms in total. The van der Waals surface area contributed by atoms with Crippen LogP contribution in [0.2, 0.25) is 0 Å². The molecule has 2 heterocycles. The van der Waals surface area contributed by atoms with E-state index in [-0.39, 0.29) is 5.48 Å². The first-order chi connectivity index (χ1) is 15.2. The van der Waals surface area contributed by atoms with Gasteiger partial charge in [-0.05, 0) is 49.7 Å². The third-order valence-corrected chi connectivity index (χ3v) is 5.55. The number of aliphatic imine (C=N–C) groups is 1. The molecule has 7 heteroatoms. The van der Waals surface area contributed by atoms with Crippen molar-refractivity contribution in [2.24, 2.45) is 10.7 Å². The Morgan fingerprint density at radius 1 is 1.19 bits per heavy atom. The Morgan fingerprint density at radius 2 is 1.97 bits per heavy atom. The highest BCUT2D eigenvalue weighted by atomic mass is 16.5. The standard InChI is InChI=1S/C25H28N4O2.H2O/c1-27-25(26)29(24-21-11-4-3-10-20(21)18-31-24)22-17-19(12-13-23(22)30-2)9-5-6-14-28-15-7-8-16-28;/h3-4,10-13,17-18H,7-9,14-16H2,1-2H3,(H2,26,27);1H2. The van der Waals surface area contributed by atoms with Gasteiger partial charge in [-0.3, -0.25) is 9.89 Å². The average molecular weight is 435 g/mol. The summed E-state index contributed by atoms with van der Waals surface area (Å²) in [5, 5.41) is 1.95. The molecule has 1 saturated heterocycles. The summed E-state index contributed by atoms with van der Waals surface area (Å²) in [7, 11) is 3.31. The van der Waals surface area contributed by atoms with Crippen LogP contribution < -0.4 is 15.4 Å². The summed E-state index contributed by atoms with van der Waals surface area (Å²) in [6, 6.07) is 14.0. The van der Waals surface area contributed by atoms with Crippen molar-refractivity contribution in [1.29, 1.82) is 0 Å². The van der Waals surface area contributed by atoms with Crippen molar-refractivity contribution in [3.05, 3.63) is 54.3 Å². The van der Waals surface area contributed by atoms with Gasteiger partial charge in [-0.15, -0.1) is 0 Å². The molecule has 0 atom stereocenters. The van der Waals surface area contributed by atoms with Crippen LogP contribution in [0.3, 0.4) is 0 Å². The van der Waals surface area contributed by atoms with Gasteiger partial charge in [-0.1, -0.05) is 36.1 Å². The van der Waals surface area contributed by atoms with E-state index in [9.17, 15) is 0 Å². The Bertz CT molecular complexity index is 1140. The lowest BCUT2D eigenvalue weighted by Crippen LogP contribution is -2.33. The van der Waals surface area contributed by atoms with Gasteiger partial charge in [-0.2, -0.15) is 0 Å². The maximum atomic E-state index is 6.32. The maximum absolute atomic E-state index is 6.32. The van der Waals surface area contributed by atoms with E-state index in [0.717, 1.165) is 41.7 Å². The van der Waals surface area contributed by atoms with E-state index in [0.29, 0.717) is 24.0 Å². The number of furan rings is 1. The summed E-state index contributed by atoms with van der Waals surface area (Å²) >= 11 is 0. The van der Waals surface area contributed by atoms with Gasteiger partial charge in [0.05, 0.1) is 19.3 Å². The zero-order valence-electron chi connectivity index (χ0n) is 18.6. The van der Waals surface area contributed by atoms with Crippen LogP contribution in [0.5, 0.6) is 5.75 Å². The van der Waals surface area contributed by atoms with Crippen molar-refractivity contribution >= 4 is 28.3 Å². The number of hydrogen-bond donors (Lipinski definition) is 1. The van der Waals surface area contributed by atoms with Crippen molar-refractivity contribution in [1.82, 2.24) is 4.90 Å². The number of nitrogens with zero attached hydrogens (tertiary/aromatic N) is 3. The Balaban J connectivity index is 0.00000289. The van der Waals surface area contributed by atoms with Crippen molar-refractivity contribution in [3.8, 4) is 17.6 Å². The number of nitrogens with two attached hydrogens (primary N) is 1. The molecular weight excluding hydrogens is 404 g/mol. The lowest BCUT2D eigenvalue weighted by Gasteiger charge is -2.24. The quantitative estimate of drug-likeness (QED) is 0.377. The lowest BCUT2D eigenvalue weighted by atomic mass is 10.1. The number of hydrogen-bond acceptors (Lipinski definition) is 4. The molecule has 168 valence electrons. The molecule has 1 fully saturated rings. The minimum Gasteiger partial charge on any atom is -0.495 e. The fourth-order valence-electron chi connectivity index (χ4n) is 3.88. The Hall–Kier alpha value is -3.47. The predicted molar refractivity (Wildman–Crippen MR) is 130 cm³/mol. The topological polar surface area (TPSA) is 98.7 Å². The second kappa shape index (κ2) is 10.7. The Kier molecular flexibility index (Phi) is 7.77. The van der Waals surface area contributed by atoms with Crippen LogP contribution in [0.15, 0.2) is 58.1 Å². The van der Waals surface area contributed by atoms with E-state index in [1.54, 1.807) is 25.3 Å². The van der Waals surface area contributed by atoms with Gasteiger partial charge in [0.2, 0.25) is 11.8 Å². The highest BCUT2D eigenvalue weighted by Gasteiger charge is 2.23. The third-order valence-electron chi connectivity index (χ3n) is 5.55. The van der Waals surface area contributed by atoms with E-state index in [2.05, 4.69) is 21.7 Å². The Labute approximate surface area is 188 Å². The zero-order chi connectivity index (χ0) is 21.6. The first-order valence-corrected chi connectivity index (χ1v) is 10.5. The molecule has 3 aromatic rings. The smallest absolute Gasteiger partial charge is 0.214 e. The number of rotatable bonds is 5. The van der Waals surface area contributed by atoms with Crippen molar-refractivity contribution in [2.45, 2.75) is 19.3 Å². The van der Waals surface area contributed by atoms with Gasteiger partial charge in [0.1, 0.15) is 12.0 Å². The van der Waals surface area contributed by atoms with Crippen LogP contribution in [-0.2, 0) is 6.42 Å². The Morgan fingerprint density at radius 3 is 2.72 bits per heavy atom. The summed E-state index contributed by atoms with van der Waals surface area (Å²) in [5.74, 6) is 8.21. The van der Waals surface area contributed by atoms with Gasteiger partial charge in [0.25, 0.3) is 0 Å². The number of benzene rings is 2. The van der Waals surface area contributed by atoms with E-state index in [1.807, 2.05) is 42.5 Å². The third kappa shape index (κ3) is 4.88. The van der Waals surface area contributed by atoms with Gasteiger partial charge in [0, 0.05) is 24.2 Å². The normalized spacial score (nSPS) is 14.0. The SMILES string of the molecule is CN=C(N)N(c1cc(CC#CCN2CCCC2)ccc1OC)c1occ2ccccc12.O. The summed E-state index contributed by atoms with van der Waals surface area (Å²) in [4.78, 5) is 8.42. The highest BCUT2D eigenvalue weighted by molar-refractivity contribution is 6.08. The molecule has 2 aromatic carbocycles. The van der Waals surface area contributed by atoms with E-state index in [4.69, 9.17) is 14.9 Å². The molecule has 0 aliphatic carbocycles. The molecule has 4 rings (SSSR count). The van der Waals surface area contributed by atoms with Gasteiger partial charge in [-0.25, -0.2) is 4.90 Å². The fourth-order valence-corrected chi connectivity index (χ4v) is 3.88. The van der Waals surface area contributed by atoms with Crippen LogP contribution in [0.4, 0.5) is 11.6 Å². The van der Waals surface area contributed by atoms with Crippen LogP contribution in [0, 0.1) is 11.8 Å². The van der Waals surface area contributed by atoms with Gasteiger partial charge < -0.3 is 20.4 Å². The highest BCUT2D eigenvalue weighted by Crippen LogP contribution is 2.39. The number of methoxy groups -OCH3 is 1. The molecule has 1 aromatic heterocycles. The van der Waals surface area contributed by atoms with E-state index in [1.165, 1.54) is 12.8 Å². The first kappa shape index (κ1) is 23.2. The number of guanidine groups is 1. The average Bonchev–Trinajstić information content (AvgIpc) is 3.47. The predicted octanol–water partition coefficient (Wildman–Crippen LogP) is 3.34. The number of anilines is 2. The number of ether oxygens (including phenoxy) is 1. The molecule has 32 heavy (non-hydrogen) atoms. The van der Waals surface area contributed by atoms with Crippen molar-refractivity contribution in [3.63, 3.8) is 0 Å². The monoisotopic (exact) mass is 434 g/mol. The molecule has 4 N–H and O–H groups in total. The maximum Gasteiger partial charge on any atom is 0.214 e. The second-order valence-corrected chi connectivity index (χ2v) is 7.57. The van der Waals surface area contributed by atoms with Crippen LogP contribution in [0.25, 0.3) is 10.8 Å². The lowest BCUT2D eigenvalue weighted by molar-refractivity contribution is 0.383. The van der Waals surface area contributed by atoms with Gasteiger partial charge in [0.15, 0.2) is 0 Å². The van der Waals surface area contributed by atoms with E-state index < -0.39 is 0 Å². The molecule has 0 bridgehead atoms.